The fourth-order valence-electron chi connectivity index (χ4n) is 10.4. The Hall–Kier alpha value is -7.28. The van der Waals surface area contributed by atoms with Crippen LogP contribution in [0.25, 0.3) is 109 Å². The van der Waals surface area contributed by atoms with E-state index >= 15 is 0 Å². The quantitative estimate of drug-likeness (QED) is 0.124. The van der Waals surface area contributed by atoms with Gasteiger partial charge in [-0.25, -0.2) is 0 Å². The normalized spacial score (nSPS) is 13.1. The van der Waals surface area contributed by atoms with Crippen molar-refractivity contribution in [2.45, 2.75) is 19.3 Å². The van der Waals surface area contributed by atoms with E-state index in [9.17, 15) is 0 Å². The molecule has 1 aliphatic rings. The van der Waals surface area contributed by atoms with E-state index in [0.29, 0.717) is 0 Å². The van der Waals surface area contributed by atoms with Crippen LogP contribution in [0.2, 0.25) is 0 Å². The Kier molecular flexibility index (Phi) is 7.38. The lowest BCUT2D eigenvalue weighted by Gasteiger charge is -2.22. The SMILES string of the molecule is CC1(C)c2ccccc2-c2cc(-c3c4ccccc4c(-c4ccc(-c5cc6ccccc6c6ccccc56)cc4)c4ccc(-c5cccc6ccccc56)cc34)ccc21. The van der Waals surface area contributed by atoms with Gasteiger partial charge in [0.2, 0.25) is 0 Å². The number of hydrogen-bond donors (Lipinski definition) is 0. The van der Waals surface area contributed by atoms with Crippen LogP contribution in [0, 0.1) is 0 Å². The molecule has 0 saturated carbocycles. The largest absolute Gasteiger partial charge is 0.0619 e. The summed E-state index contributed by atoms with van der Waals surface area (Å²) < 4.78 is 0. The molecule has 0 aromatic heterocycles. The summed E-state index contributed by atoms with van der Waals surface area (Å²) in [7, 11) is 0. The molecule has 11 aromatic rings. The van der Waals surface area contributed by atoms with E-state index in [1.807, 2.05) is 0 Å². The lowest BCUT2D eigenvalue weighted by atomic mass is 9.81. The minimum atomic E-state index is -0.0503. The van der Waals surface area contributed by atoms with Gasteiger partial charge in [-0.1, -0.05) is 202 Å². The summed E-state index contributed by atoms with van der Waals surface area (Å²) in [6.07, 6.45) is 0. The molecule has 276 valence electrons. The van der Waals surface area contributed by atoms with Crippen LogP contribution in [0.5, 0.6) is 0 Å². The molecular weight excluding hydrogens is 709 g/mol. The number of benzene rings is 11. The van der Waals surface area contributed by atoms with Crippen LogP contribution in [-0.4, -0.2) is 0 Å². The first-order chi connectivity index (χ1) is 29.0. The van der Waals surface area contributed by atoms with E-state index in [4.69, 9.17) is 0 Å². The highest BCUT2D eigenvalue weighted by atomic mass is 14.4. The molecule has 0 radical (unpaired) electrons. The van der Waals surface area contributed by atoms with Crippen LogP contribution in [0.1, 0.15) is 25.0 Å². The van der Waals surface area contributed by atoms with E-state index in [0.717, 1.165) is 0 Å². The predicted octanol–water partition coefficient (Wildman–Crippen LogP) is 16.4. The number of fused-ring (bicyclic) bond motifs is 9. The summed E-state index contributed by atoms with van der Waals surface area (Å²) in [6, 6.07) is 77.1. The Morgan fingerprint density at radius 3 is 1.58 bits per heavy atom. The first kappa shape index (κ1) is 33.8. The number of rotatable bonds is 4. The highest BCUT2D eigenvalue weighted by Crippen LogP contribution is 2.52. The highest BCUT2D eigenvalue weighted by molar-refractivity contribution is 6.22. The van der Waals surface area contributed by atoms with Gasteiger partial charge < -0.3 is 0 Å². The average Bonchev–Trinajstić information content (AvgIpc) is 3.52. The van der Waals surface area contributed by atoms with E-state index in [-0.39, 0.29) is 5.41 Å². The van der Waals surface area contributed by atoms with Gasteiger partial charge in [-0.15, -0.1) is 0 Å². The lowest BCUT2D eigenvalue weighted by molar-refractivity contribution is 0.660. The van der Waals surface area contributed by atoms with Crippen LogP contribution >= 0.6 is 0 Å². The summed E-state index contributed by atoms with van der Waals surface area (Å²) in [6.45, 7) is 4.72. The second kappa shape index (κ2) is 12.9. The highest BCUT2D eigenvalue weighted by Gasteiger charge is 2.35. The first-order valence-corrected chi connectivity index (χ1v) is 20.8. The molecular formula is C59H40. The summed E-state index contributed by atoms with van der Waals surface area (Å²) in [5, 5.41) is 12.7. The zero-order chi connectivity index (χ0) is 39.2. The zero-order valence-corrected chi connectivity index (χ0v) is 33.1. The third kappa shape index (κ3) is 5.09. The molecule has 0 amide bonds. The fourth-order valence-corrected chi connectivity index (χ4v) is 10.4. The van der Waals surface area contributed by atoms with Gasteiger partial charge in [0.25, 0.3) is 0 Å². The van der Waals surface area contributed by atoms with Crippen molar-refractivity contribution in [1.82, 2.24) is 0 Å². The smallest absolute Gasteiger partial charge is 0.0158 e. The van der Waals surface area contributed by atoms with Gasteiger partial charge in [0.1, 0.15) is 0 Å². The molecule has 0 unspecified atom stereocenters. The van der Waals surface area contributed by atoms with Crippen molar-refractivity contribution in [3.63, 3.8) is 0 Å². The van der Waals surface area contributed by atoms with Crippen molar-refractivity contribution < 1.29 is 0 Å². The summed E-state index contributed by atoms with van der Waals surface area (Å²) in [5.74, 6) is 0. The van der Waals surface area contributed by atoms with Crippen molar-refractivity contribution in [2.75, 3.05) is 0 Å². The second-order valence-corrected chi connectivity index (χ2v) is 16.8. The molecule has 0 saturated heterocycles. The zero-order valence-electron chi connectivity index (χ0n) is 33.1. The van der Waals surface area contributed by atoms with E-state index in [2.05, 4.69) is 220 Å². The standard InChI is InChI=1S/C59H40/c1-59(2)55-25-12-11-21-48(55)53-36-42(31-33-56(53)59)58-50-23-10-9-22-49(50)57(51-32-30-41(35-54(51)58)44-24-13-16-37-14-3-5-17-43(37)44)39-28-26-38(27-29-39)52-34-40-15-4-6-18-45(40)46-19-7-8-20-47(46)52/h3-36H,1-2H3. The Labute approximate surface area is 344 Å². The van der Waals surface area contributed by atoms with Gasteiger partial charge in [0, 0.05) is 5.41 Å². The summed E-state index contributed by atoms with van der Waals surface area (Å²) in [4.78, 5) is 0. The van der Waals surface area contributed by atoms with Crippen molar-refractivity contribution >= 4 is 53.9 Å². The summed E-state index contributed by atoms with van der Waals surface area (Å²) >= 11 is 0. The minimum Gasteiger partial charge on any atom is -0.0619 e. The van der Waals surface area contributed by atoms with Crippen LogP contribution in [0.15, 0.2) is 206 Å². The fraction of sp³-hybridized carbons (Fsp3) is 0.0508. The average molecular weight is 749 g/mol. The summed E-state index contributed by atoms with van der Waals surface area (Å²) in [5.41, 5.74) is 15.4. The maximum atomic E-state index is 2.47. The van der Waals surface area contributed by atoms with Crippen molar-refractivity contribution in [3.05, 3.63) is 217 Å². The molecule has 11 aromatic carbocycles. The Bertz CT molecular complexity index is 3500. The third-order valence-electron chi connectivity index (χ3n) is 13.2. The van der Waals surface area contributed by atoms with E-state index in [1.165, 1.54) is 121 Å². The maximum Gasteiger partial charge on any atom is 0.0158 e. The Morgan fingerprint density at radius 2 is 0.780 bits per heavy atom. The maximum absolute atomic E-state index is 2.47. The topological polar surface area (TPSA) is 0 Å². The lowest BCUT2D eigenvalue weighted by Crippen LogP contribution is -2.14. The van der Waals surface area contributed by atoms with Crippen LogP contribution in [0.3, 0.4) is 0 Å². The number of hydrogen-bond acceptors (Lipinski definition) is 0. The van der Waals surface area contributed by atoms with Crippen LogP contribution in [-0.2, 0) is 5.41 Å². The van der Waals surface area contributed by atoms with Gasteiger partial charge in [0.15, 0.2) is 0 Å². The first-order valence-electron chi connectivity index (χ1n) is 20.8. The Balaban J connectivity index is 1.11. The predicted molar refractivity (Wildman–Crippen MR) is 253 cm³/mol. The van der Waals surface area contributed by atoms with Gasteiger partial charge >= 0.3 is 0 Å². The molecule has 0 atom stereocenters. The second-order valence-electron chi connectivity index (χ2n) is 16.8. The van der Waals surface area contributed by atoms with Crippen molar-refractivity contribution in [1.29, 1.82) is 0 Å². The van der Waals surface area contributed by atoms with Gasteiger partial charge in [-0.2, -0.15) is 0 Å². The molecule has 59 heavy (non-hydrogen) atoms. The molecule has 0 N–H and O–H groups in total. The Morgan fingerprint density at radius 1 is 0.254 bits per heavy atom. The van der Waals surface area contributed by atoms with Gasteiger partial charge in [-0.05, 0) is 139 Å². The van der Waals surface area contributed by atoms with Gasteiger partial charge in [0.05, 0.1) is 0 Å². The minimum absolute atomic E-state index is 0.0503. The van der Waals surface area contributed by atoms with Crippen molar-refractivity contribution in [2.24, 2.45) is 0 Å². The molecule has 0 spiro atoms. The molecule has 0 heterocycles. The molecule has 12 rings (SSSR count). The van der Waals surface area contributed by atoms with Crippen molar-refractivity contribution in [3.8, 4) is 55.6 Å². The molecule has 0 aliphatic heterocycles. The van der Waals surface area contributed by atoms with E-state index in [1.54, 1.807) is 0 Å². The molecule has 0 bridgehead atoms. The monoisotopic (exact) mass is 748 g/mol. The molecule has 1 aliphatic carbocycles. The third-order valence-corrected chi connectivity index (χ3v) is 13.2. The van der Waals surface area contributed by atoms with E-state index < -0.39 is 0 Å². The van der Waals surface area contributed by atoms with Crippen LogP contribution < -0.4 is 0 Å². The van der Waals surface area contributed by atoms with Crippen LogP contribution in [0.4, 0.5) is 0 Å². The molecule has 0 fully saturated rings. The molecule has 0 heteroatoms. The molecule has 0 nitrogen and oxygen atoms in total. The van der Waals surface area contributed by atoms with Gasteiger partial charge in [-0.3, -0.25) is 0 Å².